The molecule has 0 amide bonds. The molecule has 1 fully saturated rings. The van der Waals surface area contributed by atoms with Crippen LogP contribution in [0.2, 0.25) is 0 Å². The zero-order valence-electron chi connectivity index (χ0n) is 10.5. The lowest BCUT2D eigenvalue weighted by Gasteiger charge is -2.34. The molecule has 1 heterocycles. The molecule has 0 bridgehead atoms. The van der Waals surface area contributed by atoms with Crippen LogP contribution in [-0.2, 0) is 0 Å². The van der Waals surface area contributed by atoms with Crippen molar-refractivity contribution in [1.82, 2.24) is 0 Å². The zero-order valence-corrected chi connectivity index (χ0v) is 10.5. The quantitative estimate of drug-likeness (QED) is 0.854. The van der Waals surface area contributed by atoms with E-state index >= 15 is 0 Å². The van der Waals surface area contributed by atoms with Crippen LogP contribution >= 0.6 is 0 Å². The maximum atomic E-state index is 14.0. The van der Waals surface area contributed by atoms with Crippen LogP contribution in [0, 0.1) is 11.7 Å². The Morgan fingerprint density at radius 2 is 2.24 bits per heavy atom. The lowest BCUT2D eigenvalue weighted by Crippen LogP contribution is -2.35. The van der Waals surface area contributed by atoms with E-state index in [9.17, 15) is 9.50 Å². The summed E-state index contributed by atoms with van der Waals surface area (Å²) in [7, 11) is 0. The average Bonchev–Trinajstić information content (AvgIpc) is 2.28. The second-order valence-corrected chi connectivity index (χ2v) is 5.05. The third-order valence-electron chi connectivity index (χ3n) is 3.44. The number of para-hydroxylation sites is 1. The van der Waals surface area contributed by atoms with Gasteiger partial charge in [0.05, 0.1) is 11.8 Å². The van der Waals surface area contributed by atoms with Gasteiger partial charge in [-0.3, -0.25) is 0 Å². The first-order valence-corrected chi connectivity index (χ1v) is 6.31. The highest BCUT2D eigenvalue weighted by molar-refractivity contribution is 5.56. The Morgan fingerprint density at radius 1 is 1.47 bits per heavy atom. The largest absolute Gasteiger partial charge is 0.389 e. The highest BCUT2D eigenvalue weighted by atomic mass is 19.1. The summed E-state index contributed by atoms with van der Waals surface area (Å²) in [4.78, 5) is 2.07. The average molecular weight is 237 g/mol. The summed E-state index contributed by atoms with van der Waals surface area (Å²) in [5.41, 5.74) is 1.29. The molecule has 2 unspecified atom stereocenters. The summed E-state index contributed by atoms with van der Waals surface area (Å²) in [5.74, 6) is 0.364. The minimum atomic E-state index is -0.627. The van der Waals surface area contributed by atoms with Gasteiger partial charge in [-0.2, -0.15) is 0 Å². The lowest BCUT2D eigenvalue weighted by molar-refractivity contribution is 0.199. The van der Waals surface area contributed by atoms with Crippen LogP contribution in [0.1, 0.15) is 38.4 Å². The van der Waals surface area contributed by atoms with Gasteiger partial charge >= 0.3 is 0 Å². The Labute approximate surface area is 102 Å². The third kappa shape index (κ3) is 2.60. The summed E-state index contributed by atoms with van der Waals surface area (Å²) in [5, 5.41) is 9.73. The molecule has 17 heavy (non-hydrogen) atoms. The monoisotopic (exact) mass is 237 g/mol. The highest BCUT2D eigenvalue weighted by Gasteiger charge is 2.22. The van der Waals surface area contributed by atoms with Crippen molar-refractivity contribution in [3.63, 3.8) is 0 Å². The van der Waals surface area contributed by atoms with E-state index in [1.807, 2.05) is 6.07 Å². The van der Waals surface area contributed by atoms with Crippen LogP contribution in [0.15, 0.2) is 18.2 Å². The van der Waals surface area contributed by atoms with Crippen LogP contribution < -0.4 is 4.90 Å². The first-order valence-electron chi connectivity index (χ1n) is 6.31. The molecule has 1 saturated heterocycles. The fraction of sp³-hybridized carbons (Fsp3) is 0.571. The number of halogens is 1. The van der Waals surface area contributed by atoms with Crippen molar-refractivity contribution in [3.8, 4) is 0 Å². The van der Waals surface area contributed by atoms with E-state index in [2.05, 4.69) is 11.8 Å². The van der Waals surface area contributed by atoms with E-state index in [1.54, 1.807) is 13.0 Å². The van der Waals surface area contributed by atoms with E-state index in [0.717, 1.165) is 19.5 Å². The number of anilines is 1. The summed E-state index contributed by atoms with van der Waals surface area (Å²) in [6.07, 6.45) is 1.67. The third-order valence-corrected chi connectivity index (χ3v) is 3.44. The Kier molecular flexibility index (Phi) is 3.67. The van der Waals surface area contributed by atoms with Crippen molar-refractivity contribution in [3.05, 3.63) is 29.6 Å². The predicted octanol–water partition coefficient (Wildman–Crippen LogP) is 3.12. The molecule has 0 spiro atoms. The van der Waals surface area contributed by atoms with Gasteiger partial charge in [0.2, 0.25) is 0 Å². The normalized spacial score (nSPS) is 22.6. The molecular formula is C14H20FNO. The molecule has 1 aliphatic rings. The van der Waals surface area contributed by atoms with Gasteiger partial charge in [0.25, 0.3) is 0 Å². The van der Waals surface area contributed by atoms with E-state index in [4.69, 9.17) is 0 Å². The number of piperidine rings is 1. The van der Waals surface area contributed by atoms with Gasteiger partial charge in [-0.1, -0.05) is 19.1 Å². The fourth-order valence-electron chi connectivity index (χ4n) is 2.60. The molecule has 1 aliphatic heterocycles. The fourth-order valence-corrected chi connectivity index (χ4v) is 2.60. The maximum absolute atomic E-state index is 14.0. The molecule has 1 aromatic rings. The predicted molar refractivity (Wildman–Crippen MR) is 67.6 cm³/mol. The van der Waals surface area contributed by atoms with Crippen molar-refractivity contribution >= 4 is 5.69 Å². The number of nitrogens with zero attached hydrogens (tertiary/aromatic N) is 1. The molecule has 0 saturated carbocycles. The SMILES string of the molecule is CC1CCCN(c2c(F)cccc2C(C)O)C1. The molecule has 1 N–H and O–H groups in total. The van der Waals surface area contributed by atoms with E-state index < -0.39 is 6.10 Å². The van der Waals surface area contributed by atoms with Crippen molar-refractivity contribution < 1.29 is 9.50 Å². The Balaban J connectivity index is 2.35. The van der Waals surface area contributed by atoms with Gasteiger partial charge in [0, 0.05) is 18.7 Å². The standard InChI is InChI=1S/C14H20FNO/c1-10-5-4-8-16(9-10)14-12(11(2)17)6-3-7-13(14)15/h3,6-7,10-11,17H,4-5,8-9H2,1-2H3. The van der Waals surface area contributed by atoms with Gasteiger partial charge in [-0.15, -0.1) is 0 Å². The Morgan fingerprint density at radius 3 is 2.88 bits per heavy atom. The highest BCUT2D eigenvalue weighted by Crippen LogP contribution is 2.32. The van der Waals surface area contributed by atoms with Gasteiger partial charge in [-0.05, 0) is 31.7 Å². The molecule has 2 rings (SSSR count). The first kappa shape index (κ1) is 12.4. The number of hydrogen-bond donors (Lipinski definition) is 1. The molecule has 2 nitrogen and oxygen atoms in total. The minimum absolute atomic E-state index is 0.225. The van der Waals surface area contributed by atoms with Crippen LogP contribution in [0.3, 0.4) is 0 Å². The summed E-state index contributed by atoms with van der Waals surface area (Å²) >= 11 is 0. The van der Waals surface area contributed by atoms with E-state index in [-0.39, 0.29) is 5.82 Å². The number of aliphatic hydroxyl groups excluding tert-OH is 1. The molecule has 0 aromatic heterocycles. The topological polar surface area (TPSA) is 23.5 Å². The molecule has 94 valence electrons. The summed E-state index contributed by atoms with van der Waals surface area (Å²) < 4.78 is 14.0. The number of aliphatic hydroxyl groups is 1. The van der Waals surface area contributed by atoms with Crippen LogP contribution in [0.5, 0.6) is 0 Å². The maximum Gasteiger partial charge on any atom is 0.146 e. The zero-order chi connectivity index (χ0) is 12.4. The van der Waals surface area contributed by atoms with Gasteiger partial charge in [0.15, 0.2) is 0 Å². The van der Waals surface area contributed by atoms with Crippen LogP contribution in [0.25, 0.3) is 0 Å². The Bertz CT molecular complexity index is 392. The molecule has 0 aliphatic carbocycles. The van der Waals surface area contributed by atoms with Gasteiger partial charge in [0.1, 0.15) is 5.82 Å². The molecule has 3 heteroatoms. The molecular weight excluding hydrogens is 217 g/mol. The molecule has 0 radical (unpaired) electrons. The summed E-state index contributed by atoms with van der Waals surface area (Å²) in [6, 6.07) is 4.94. The van der Waals surface area contributed by atoms with Crippen molar-refractivity contribution in [2.75, 3.05) is 18.0 Å². The van der Waals surface area contributed by atoms with Gasteiger partial charge in [-0.25, -0.2) is 4.39 Å². The Hall–Kier alpha value is -1.09. The number of hydrogen-bond acceptors (Lipinski definition) is 2. The summed E-state index contributed by atoms with van der Waals surface area (Å²) in [6.45, 7) is 5.63. The van der Waals surface area contributed by atoms with Crippen LogP contribution in [0.4, 0.5) is 10.1 Å². The van der Waals surface area contributed by atoms with Crippen LogP contribution in [-0.4, -0.2) is 18.2 Å². The second-order valence-electron chi connectivity index (χ2n) is 5.05. The lowest BCUT2D eigenvalue weighted by atomic mass is 9.98. The number of rotatable bonds is 2. The van der Waals surface area contributed by atoms with Crippen molar-refractivity contribution in [1.29, 1.82) is 0 Å². The van der Waals surface area contributed by atoms with E-state index in [1.165, 1.54) is 12.5 Å². The van der Waals surface area contributed by atoms with Gasteiger partial charge < -0.3 is 10.0 Å². The number of benzene rings is 1. The van der Waals surface area contributed by atoms with Crippen molar-refractivity contribution in [2.45, 2.75) is 32.8 Å². The molecule has 1 aromatic carbocycles. The minimum Gasteiger partial charge on any atom is -0.389 e. The molecule has 2 atom stereocenters. The first-order chi connectivity index (χ1) is 8.09. The second kappa shape index (κ2) is 5.05. The van der Waals surface area contributed by atoms with E-state index in [0.29, 0.717) is 17.2 Å². The smallest absolute Gasteiger partial charge is 0.146 e. The van der Waals surface area contributed by atoms with Crippen molar-refractivity contribution in [2.24, 2.45) is 5.92 Å².